The first-order chi connectivity index (χ1) is 6.51. The molecule has 2 aliphatic rings. The molecule has 0 aromatic rings. The molecule has 1 unspecified atom stereocenters. The van der Waals surface area contributed by atoms with Crippen LogP contribution < -0.4 is 0 Å². The van der Waals surface area contributed by atoms with Crippen molar-refractivity contribution >= 4 is 5.91 Å². The van der Waals surface area contributed by atoms with E-state index in [1.54, 1.807) is 0 Å². The molecule has 1 atom stereocenters. The predicted octanol–water partition coefficient (Wildman–Crippen LogP) is 1.16. The van der Waals surface area contributed by atoms with E-state index in [0.717, 1.165) is 13.0 Å². The van der Waals surface area contributed by atoms with E-state index >= 15 is 0 Å². The quantitative estimate of drug-likeness (QED) is 0.721. The second-order valence-electron chi connectivity index (χ2n) is 5.15. The molecule has 1 aliphatic heterocycles. The maximum absolute atomic E-state index is 11.9. The Labute approximate surface area is 85.1 Å². The lowest BCUT2D eigenvalue weighted by atomic mass is 9.98. The maximum atomic E-state index is 11.9. The summed E-state index contributed by atoms with van der Waals surface area (Å²) >= 11 is 0. The van der Waals surface area contributed by atoms with Crippen LogP contribution in [-0.4, -0.2) is 34.1 Å². The summed E-state index contributed by atoms with van der Waals surface area (Å²) in [5, 5.41) is 9.73. The van der Waals surface area contributed by atoms with E-state index in [9.17, 15) is 9.90 Å². The second-order valence-corrected chi connectivity index (χ2v) is 5.15. The fourth-order valence-corrected chi connectivity index (χ4v) is 2.20. The summed E-state index contributed by atoms with van der Waals surface area (Å²) in [7, 11) is 0. The van der Waals surface area contributed by atoms with Crippen molar-refractivity contribution in [2.45, 2.75) is 51.2 Å². The summed E-state index contributed by atoms with van der Waals surface area (Å²) in [5.74, 6) is 0.866. The van der Waals surface area contributed by atoms with Gasteiger partial charge in [0.05, 0.1) is 11.6 Å². The molecule has 1 N–H and O–H groups in total. The molecule has 3 nitrogen and oxygen atoms in total. The van der Waals surface area contributed by atoms with Gasteiger partial charge in [0.2, 0.25) is 5.91 Å². The number of aliphatic hydroxyl groups is 1. The Kier molecular flexibility index (Phi) is 2.30. The molecule has 14 heavy (non-hydrogen) atoms. The Morgan fingerprint density at radius 2 is 2.07 bits per heavy atom. The number of amides is 1. The topological polar surface area (TPSA) is 40.5 Å². The minimum atomic E-state index is -0.356. The van der Waals surface area contributed by atoms with Crippen LogP contribution >= 0.6 is 0 Å². The lowest BCUT2D eigenvalue weighted by molar-refractivity contribution is -0.136. The van der Waals surface area contributed by atoms with Crippen LogP contribution in [-0.2, 0) is 4.79 Å². The minimum absolute atomic E-state index is 0.231. The van der Waals surface area contributed by atoms with Crippen LogP contribution in [0.1, 0.15) is 39.5 Å². The first-order valence-corrected chi connectivity index (χ1v) is 5.50. The van der Waals surface area contributed by atoms with Gasteiger partial charge in [-0.2, -0.15) is 0 Å². The van der Waals surface area contributed by atoms with Crippen molar-refractivity contribution in [3.63, 3.8) is 0 Å². The Bertz CT molecular complexity index is 246. The fourth-order valence-electron chi connectivity index (χ4n) is 2.20. The molecule has 2 rings (SSSR count). The maximum Gasteiger partial charge on any atom is 0.223 e. The molecular weight excluding hydrogens is 178 g/mol. The van der Waals surface area contributed by atoms with Crippen LogP contribution in [0.3, 0.4) is 0 Å². The van der Waals surface area contributed by atoms with Crippen LogP contribution in [0.4, 0.5) is 0 Å². The van der Waals surface area contributed by atoms with Gasteiger partial charge in [0.15, 0.2) is 0 Å². The molecule has 1 saturated carbocycles. The predicted molar refractivity (Wildman–Crippen MR) is 53.8 cm³/mol. The number of rotatable bonds is 2. The smallest absolute Gasteiger partial charge is 0.223 e. The van der Waals surface area contributed by atoms with Crippen molar-refractivity contribution in [3.8, 4) is 0 Å². The van der Waals surface area contributed by atoms with Crippen molar-refractivity contribution in [1.82, 2.24) is 4.90 Å². The third-order valence-electron chi connectivity index (χ3n) is 3.60. The highest BCUT2D eigenvalue weighted by Crippen LogP contribution is 2.36. The number of carbonyl (C=O) groups excluding carboxylic acids is 1. The summed E-state index contributed by atoms with van der Waals surface area (Å²) in [6, 6.07) is 0. The van der Waals surface area contributed by atoms with E-state index < -0.39 is 0 Å². The number of likely N-dealkylation sites (tertiary alicyclic amines) is 1. The normalized spacial score (nSPS) is 30.8. The number of carbonyl (C=O) groups is 1. The summed E-state index contributed by atoms with van der Waals surface area (Å²) in [4.78, 5) is 13.7. The summed E-state index contributed by atoms with van der Waals surface area (Å²) in [6.45, 7) is 4.63. The van der Waals surface area contributed by atoms with Crippen LogP contribution in [0.5, 0.6) is 0 Å². The molecule has 1 heterocycles. The largest absolute Gasteiger partial charge is 0.391 e. The van der Waals surface area contributed by atoms with Crippen molar-refractivity contribution in [2.75, 3.05) is 6.54 Å². The van der Waals surface area contributed by atoms with Gasteiger partial charge < -0.3 is 10.0 Å². The van der Waals surface area contributed by atoms with E-state index in [-0.39, 0.29) is 17.6 Å². The minimum Gasteiger partial charge on any atom is -0.391 e. The fraction of sp³-hybridized carbons (Fsp3) is 0.909. The zero-order valence-electron chi connectivity index (χ0n) is 8.99. The standard InChI is InChI=1S/C11H19NO2/c1-11(2)9(13)5-6-12(11)10(14)7-8-3-4-8/h8-9,13H,3-7H2,1-2H3. The van der Waals surface area contributed by atoms with Gasteiger partial charge in [-0.1, -0.05) is 0 Å². The van der Waals surface area contributed by atoms with Gasteiger partial charge in [0, 0.05) is 13.0 Å². The Balaban J connectivity index is 1.99. The van der Waals surface area contributed by atoms with Crippen LogP contribution in [0.15, 0.2) is 0 Å². The average Bonchev–Trinajstić information content (AvgIpc) is 2.83. The van der Waals surface area contributed by atoms with E-state index in [1.165, 1.54) is 12.8 Å². The first kappa shape index (κ1) is 9.97. The van der Waals surface area contributed by atoms with Crippen LogP contribution in [0.2, 0.25) is 0 Å². The van der Waals surface area contributed by atoms with Gasteiger partial charge in [-0.25, -0.2) is 0 Å². The molecule has 1 aliphatic carbocycles. The SMILES string of the molecule is CC1(C)C(O)CCN1C(=O)CC1CC1. The summed E-state index contributed by atoms with van der Waals surface area (Å²) in [6.07, 6.45) is 3.48. The van der Waals surface area contributed by atoms with E-state index in [0.29, 0.717) is 12.3 Å². The second kappa shape index (κ2) is 3.23. The molecular formula is C11H19NO2. The molecule has 0 aromatic heterocycles. The Hall–Kier alpha value is -0.570. The van der Waals surface area contributed by atoms with Crippen molar-refractivity contribution < 1.29 is 9.90 Å². The molecule has 2 fully saturated rings. The van der Waals surface area contributed by atoms with Crippen molar-refractivity contribution in [2.24, 2.45) is 5.92 Å². The molecule has 3 heteroatoms. The van der Waals surface area contributed by atoms with Gasteiger partial charge in [0.1, 0.15) is 0 Å². The van der Waals surface area contributed by atoms with Gasteiger partial charge in [-0.3, -0.25) is 4.79 Å². The highest BCUT2D eigenvalue weighted by molar-refractivity contribution is 5.78. The third-order valence-corrected chi connectivity index (χ3v) is 3.60. The highest BCUT2D eigenvalue weighted by Gasteiger charge is 2.43. The van der Waals surface area contributed by atoms with E-state index in [4.69, 9.17) is 0 Å². The molecule has 0 radical (unpaired) electrons. The first-order valence-electron chi connectivity index (χ1n) is 5.50. The number of hydrogen-bond acceptors (Lipinski definition) is 2. The monoisotopic (exact) mass is 197 g/mol. The molecule has 80 valence electrons. The zero-order valence-corrected chi connectivity index (χ0v) is 8.99. The van der Waals surface area contributed by atoms with Crippen LogP contribution in [0, 0.1) is 5.92 Å². The van der Waals surface area contributed by atoms with Gasteiger partial charge >= 0.3 is 0 Å². The van der Waals surface area contributed by atoms with Crippen molar-refractivity contribution in [1.29, 1.82) is 0 Å². The number of hydrogen-bond donors (Lipinski definition) is 1. The van der Waals surface area contributed by atoms with Crippen LogP contribution in [0.25, 0.3) is 0 Å². The van der Waals surface area contributed by atoms with Gasteiger partial charge in [-0.15, -0.1) is 0 Å². The lowest BCUT2D eigenvalue weighted by Crippen LogP contribution is -2.48. The Morgan fingerprint density at radius 3 is 2.50 bits per heavy atom. The highest BCUT2D eigenvalue weighted by atomic mass is 16.3. The molecule has 0 spiro atoms. The summed E-state index contributed by atoms with van der Waals surface area (Å²) < 4.78 is 0. The zero-order chi connectivity index (χ0) is 10.3. The van der Waals surface area contributed by atoms with Crippen molar-refractivity contribution in [3.05, 3.63) is 0 Å². The molecule has 0 aromatic carbocycles. The molecule has 0 bridgehead atoms. The number of nitrogens with zero attached hydrogens (tertiary/aromatic N) is 1. The summed E-state index contributed by atoms with van der Waals surface area (Å²) in [5.41, 5.74) is -0.355. The molecule has 1 amide bonds. The van der Waals surface area contributed by atoms with Gasteiger partial charge in [-0.05, 0) is 39.0 Å². The Morgan fingerprint density at radius 1 is 1.43 bits per heavy atom. The average molecular weight is 197 g/mol. The van der Waals surface area contributed by atoms with Gasteiger partial charge in [0.25, 0.3) is 0 Å². The molecule has 1 saturated heterocycles. The number of aliphatic hydroxyl groups excluding tert-OH is 1. The van der Waals surface area contributed by atoms with E-state index in [2.05, 4.69) is 0 Å². The lowest BCUT2D eigenvalue weighted by Gasteiger charge is -2.33. The third kappa shape index (κ3) is 1.65. The van der Waals surface area contributed by atoms with E-state index in [1.807, 2.05) is 18.7 Å².